The molecule has 2 fully saturated rings. The molecule has 12 heavy (non-hydrogen) atoms. The van der Waals surface area contributed by atoms with Gasteiger partial charge in [-0.25, -0.2) is 0 Å². The Balaban J connectivity index is 2.10. The predicted octanol–water partition coefficient (Wildman–Crippen LogP) is 1.58. The normalized spacial score (nSPS) is 40.0. The zero-order chi connectivity index (χ0) is 8.55. The number of Topliss-reactive ketones (excluding diaryl/α,β-unsaturated/α-hetero) is 1. The second kappa shape index (κ2) is 3.00. The van der Waals surface area contributed by atoms with Crippen LogP contribution < -0.4 is 0 Å². The molecule has 0 bridgehead atoms. The van der Waals surface area contributed by atoms with Crippen molar-refractivity contribution in [2.75, 3.05) is 0 Å². The monoisotopic (exact) mass is 166 g/mol. The Bertz CT molecular complexity index is 210. The van der Waals surface area contributed by atoms with Crippen LogP contribution in [0.3, 0.4) is 0 Å². The molecule has 66 valence electrons. The number of rotatable bonds is 2. The van der Waals surface area contributed by atoms with E-state index < -0.39 is 0 Å². The fourth-order valence-corrected chi connectivity index (χ4v) is 2.91. The summed E-state index contributed by atoms with van der Waals surface area (Å²) in [6, 6.07) is 0. The smallest absolute Gasteiger partial charge is 0.136 e. The van der Waals surface area contributed by atoms with Gasteiger partial charge in [-0.15, -0.1) is 0 Å². The molecule has 2 saturated carbocycles. The lowest BCUT2D eigenvalue weighted by Crippen LogP contribution is -2.14. The summed E-state index contributed by atoms with van der Waals surface area (Å²) in [4.78, 5) is 21.8. The number of aldehydes is 1. The quantitative estimate of drug-likeness (QED) is 0.584. The highest BCUT2D eigenvalue weighted by molar-refractivity contribution is 5.85. The topological polar surface area (TPSA) is 34.1 Å². The number of ketones is 1. The molecule has 0 N–H and O–H groups in total. The average Bonchev–Trinajstić information content (AvgIpc) is 2.56. The van der Waals surface area contributed by atoms with E-state index in [4.69, 9.17) is 0 Å². The molecule has 0 radical (unpaired) electrons. The Morgan fingerprint density at radius 2 is 2.25 bits per heavy atom. The predicted molar refractivity (Wildman–Crippen MR) is 44.6 cm³/mol. The molecule has 0 aromatic rings. The van der Waals surface area contributed by atoms with Gasteiger partial charge in [0.05, 0.1) is 0 Å². The second-order valence-corrected chi connectivity index (χ2v) is 4.03. The molecule has 0 aromatic heterocycles. The molecule has 2 aliphatic carbocycles. The lowest BCUT2D eigenvalue weighted by atomic mass is 9.90. The number of carbonyl (C=O) groups excluding carboxylic acids is 2. The van der Waals surface area contributed by atoms with Crippen LogP contribution in [0.25, 0.3) is 0 Å². The summed E-state index contributed by atoms with van der Waals surface area (Å²) >= 11 is 0. The van der Waals surface area contributed by atoms with E-state index >= 15 is 0 Å². The van der Waals surface area contributed by atoms with E-state index in [1.807, 2.05) is 0 Å². The third-order valence-corrected chi connectivity index (χ3v) is 3.46. The summed E-state index contributed by atoms with van der Waals surface area (Å²) in [7, 11) is 0. The molecule has 2 rings (SSSR count). The molecule has 2 heteroatoms. The SMILES string of the molecule is O=CCC1C(=O)CC2CCCC21. The van der Waals surface area contributed by atoms with Gasteiger partial charge in [0.2, 0.25) is 0 Å². The molecule has 2 nitrogen and oxygen atoms in total. The van der Waals surface area contributed by atoms with Crippen LogP contribution in [-0.2, 0) is 9.59 Å². The molecule has 0 aromatic carbocycles. The maximum absolute atomic E-state index is 11.4. The van der Waals surface area contributed by atoms with Gasteiger partial charge in [-0.1, -0.05) is 6.42 Å². The van der Waals surface area contributed by atoms with E-state index in [9.17, 15) is 9.59 Å². The molecule has 2 aliphatic rings. The van der Waals surface area contributed by atoms with Crippen LogP contribution in [0.1, 0.15) is 32.1 Å². The van der Waals surface area contributed by atoms with Gasteiger partial charge in [0, 0.05) is 18.8 Å². The fraction of sp³-hybridized carbons (Fsp3) is 0.800. The van der Waals surface area contributed by atoms with Gasteiger partial charge in [-0.2, -0.15) is 0 Å². The largest absolute Gasteiger partial charge is 0.303 e. The van der Waals surface area contributed by atoms with Crippen molar-refractivity contribution >= 4 is 12.1 Å². The summed E-state index contributed by atoms with van der Waals surface area (Å²) in [5.41, 5.74) is 0. The van der Waals surface area contributed by atoms with Crippen LogP contribution in [0, 0.1) is 17.8 Å². The minimum Gasteiger partial charge on any atom is -0.303 e. The maximum atomic E-state index is 11.4. The minimum absolute atomic E-state index is 0.0926. The van der Waals surface area contributed by atoms with Crippen LogP contribution in [0.2, 0.25) is 0 Å². The third-order valence-electron chi connectivity index (χ3n) is 3.46. The number of fused-ring (bicyclic) bond motifs is 1. The van der Waals surface area contributed by atoms with Gasteiger partial charge in [0.15, 0.2) is 0 Å². The van der Waals surface area contributed by atoms with Gasteiger partial charge in [-0.3, -0.25) is 4.79 Å². The van der Waals surface area contributed by atoms with Crippen LogP contribution in [-0.4, -0.2) is 12.1 Å². The fourth-order valence-electron chi connectivity index (χ4n) is 2.91. The van der Waals surface area contributed by atoms with Crippen molar-refractivity contribution in [3.63, 3.8) is 0 Å². The Morgan fingerprint density at radius 1 is 1.42 bits per heavy atom. The van der Waals surface area contributed by atoms with E-state index in [1.54, 1.807) is 0 Å². The minimum atomic E-state index is 0.0926. The van der Waals surface area contributed by atoms with E-state index in [1.165, 1.54) is 19.3 Å². The maximum Gasteiger partial charge on any atom is 0.136 e. The van der Waals surface area contributed by atoms with E-state index in [-0.39, 0.29) is 5.92 Å². The number of carbonyl (C=O) groups is 2. The molecular weight excluding hydrogens is 152 g/mol. The van der Waals surface area contributed by atoms with E-state index in [2.05, 4.69) is 0 Å². The number of hydrogen-bond acceptors (Lipinski definition) is 2. The van der Waals surface area contributed by atoms with Crippen LogP contribution >= 0.6 is 0 Å². The van der Waals surface area contributed by atoms with Crippen molar-refractivity contribution in [1.29, 1.82) is 0 Å². The van der Waals surface area contributed by atoms with E-state index in [0.29, 0.717) is 24.0 Å². The average molecular weight is 166 g/mol. The molecule has 0 spiro atoms. The molecule has 0 aliphatic heterocycles. The summed E-state index contributed by atoms with van der Waals surface area (Å²) < 4.78 is 0. The summed E-state index contributed by atoms with van der Waals surface area (Å²) in [5.74, 6) is 1.62. The van der Waals surface area contributed by atoms with E-state index in [0.717, 1.165) is 12.7 Å². The first-order chi connectivity index (χ1) is 5.83. The zero-order valence-electron chi connectivity index (χ0n) is 7.16. The van der Waals surface area contributed by atoms with Gasteiger partial charge in [0.1, 0.15) is 12.1 Å². The standard InChI is InChI=1S/C10H14O2/c11-5-4-9-8-3-1-2-7(8)6-10(9)12/h5,7-9H,1-4,6H2. The third kappa shape index (κ3) is 1.10. The van der Waals surface area contributed by atoms with Crippen molar-refractivity contribution in [3.05, 3.63) is 0 Å². The Morgan fingerprint density at radius 3 is 3.00 bits per heavy atom. The van der Waals surface area contributed by atoms with Gasteiger partial charge < -0.3 is 4.79 Å². The lowest BCUT2D eigenvalue weighted by molar-refractivity contribution is -0.123. The molecule has 0 heterocycles. The van der Waals surface area contributed by atoms with Crippen molar-refractivity contribution in [3.8, 4) is 0 Å². The highest BCUT2D eigenvalue weighted by Gasteiger charge is 2.43. The highest BCUT2D eigenvalue weighted by Crippen LogP contribution is 2.46. The highest BCUT2D eigenvalue weighted by atomic mass is 16.1. The summed E-state index contributed by atoms with van der Waals surface area (Å²) in [5, 5.41) is 0. The van der Waals surface area contributed by atoms with Crippen molar-refractivity contribution in [1.82, 2.24) is 0 Å². The Kier molecular flexibility index (Phi) is 1.99. The van der Waals surface area contributed by atoms with Crippen LogP contribution in [0.4, 0.5) is 0 Å². The zero-order valence-corrected chi connectivity index (χ0v) is 7.16. The van der Waals surface area contributed by atoms with Gasteiger partial charge >= 0.3 is 0 Å². The summed E-state index contributed by atoms with van der Waals surface area (Å²) in [6.45, 7) is 0. The van der Waals surface area contributed by atoms with Crippen molar-refractivity contribution < 1.29 is 9.59 Å². The Labute approximate surface area is 72.3 Å². The number of hydrogen-bond donors (Lipinski definition) is 0. The van der Waals surface area contributed by atoms with Gasteiger partial charge in [-0.05, 0) is 24.7 Å². The van der Waals surface area contributed by atoms with Crippen molar-refractivity contribution in [2.45, 2.75) is 32.1 Å². The van der Waals surface area contributed by atoms with Gasteiger partial charge in [0.25, 0.3) is 0 Å². The first-order valence-electron chi connectivity index (χ1n) is 4.79. The van der Waals surface area contributed by atoms with Crippen LogP contribution in [0.5, 0.6) is 0 Å². The molecule has 3 atom stereocenters. The summed E-state index contributed by atoms with van der Waals surface area (Å²) in [6.07, 6.45) is 5.78. The Hall–Kier alpha value is -0.660. The first-order valence-corrected chi connectivity index (χ1v) is 4.79. The first kappa shape index (κ1) is 7.96. The molecular formula is C10H14O2. The molecule has 0 saturated heterocycles. The molecule has 3 unspecified atom stereocenters. The second-order valence-electron chi connectivity index (χ2n) is 4.03. The molecule has 0 amide bonds. The van der Waals surface area contributed by atoms with Crippen LogP contribution in [0.15, 0.2) is 0 Å². The van der Waals surface area contributed by atoms with Crippen molar-refractivity contribution in [2.24, 2.45) is 17.8 Å². The lowest BCUT2D eigenvalue weighted by Gasteiger charge is -2.13.